The van der Waals surface area contributed by atoms with Crippen molar-refractivity contribution in [3.05, 3.63) is 24.3 Å². The quantitative estimate of drug-likeness (QED) is 0.501. The minimum Gasteiger partial charge on any atom is -0.479 e. The van der Waals surface area contributed by atoms with Crippen LogP contribution in [0.2, 0.25) is 0 Å². The summed E-state index contributed by atoms with van der Waals surface area (Å²) in [5, 5.41) is 11.3. The number of carbonyl (C=O) groups excluding carboxylic acids is 1. The first-order chi connectivity index (χ1) is 7.02. The van der Waals surface area contributed by atoms with E-state index in [0.717, 1.165) is 0 Å². The number of ketones is 1. The number of nitrogens with two attached hydrogens (primary N) is 1. The van der Waals surface area contributed by atoms with Gasteiger partial charge in [0.25, 0.3) is 0 Å². The van der Waals surface area contributed by atoms with Crippen molar-refractivity contribution in [1.29, 1.82) is 0 Å². The predicted molar refractivity (Wildman–Crippen MR) is 56.6 cm³/mol. The molecule has 0 saturated heterocycles. The van der Waals surface area contributed by atoms with E-state index in [4.69, 9.17) is 10.8 Å². The largest absolute Gasteiger partial charge is 0.479 e. The van der Waals surface area contributed by atoms with E-state index in [-0.39, 0.29) is 0 Å². The molecule has 0 spiro atoms. The number of carboxylic acid groups (broad SMARTS) is 1. The summed E-state index contributed by atoms with van der Waals surface area (Å²) < 4.78 is 0. The Labute approximate surface area is 86.9 Å². The van der Waals surface area contributed by atoms with Crippen LogP contribution < -0.4 is 11.1 Å². The van der Waals surface area contributed by atoms with Gasteiger partial charge in [-0.1, -0.05) is 12.1 Å². The van der Waals surface area contributed by atoms with Crippen LogP contribution in [0.3, 0.4) is 0 Å². The van der Waals surface area contributed by atoms with Crippen LogP contribution >= 0.6 is 0 Å². The first kappa shape index (κ1) is 11.0. The number of hydrogen-bond donors (Lipinski definition) is 3. The fraction of sp³-hybridized carbons (Fsp3) is 0.200. The molecule has 1 atom stereocenters. The van der Waals surface area contributed by atoms with Crippen molar-refractivity contribution in [2.75, 3.05) is 11.1 Å². The highest BCUT2D eigenvalue weighted by atomic mass is 16.4. The zero-order chi connectivity index (χ0) is 11.4. The molecular weight excluding hydrogens is 196 g/mol. The third kappa shape index (κ3) is 2.70. The number of carboxylic acids is 1. The average molecular weight is 208 g/mol. The Morgan fingerprint density at radius 3 is 2.47 bits per heavy atom. The number of Topliss-reactive ketones (excluding diaryl/α,β-unsaturated/α-hetero) is 1. The smallest absolute Gasteiger partial charge is 0.333 e. The molecule has 0 aliphatic carbocycles. The van der Waals surface area contributed by atoms with Gasteiger partial charge in [-0.15, -0.1) is 0 Å². The molecule has 0 aliphatic heterocycles. The molecule has 1 aromatic rings. The molecule has 1 aromatic carbocycles. The molecule has 1 unspecified atom stereocenters. The maximum absolute atomic E-state index is 11.0. The zero-order valence-corrected chi connectivity index (χ0v) is 8.23. The SMILES string of the molecule is CC(=O)C(Nc1ccccc1N)C(=O)O. The van der Waals surface area contributed by atoms with Crippen LogP contribution in [0.5, 0.6) is 0 Å². The lowest BCUT2D eigenvalue weighted by atomic mass is 10.2. The van der Waals surface area contributed by atoms with Crippen molar-refractivity contribution in [2.24, 2.45) is 0 Å². The van der Waals surface area contributed by atoms with E-state index in [9.17, 15) is 9.59 Å². The molecule has 1 rings (SSSR count). The molecule has 4 N–H and O–H groups in total. The number of benzene rings is 1. The van der Waals surface area contributed by atoms with Gasteiger partial charge in [0.15, 0.2) is 11.8 Å². The number of carbonyl (C=O) groups is 2. The summed E-state index contributed by atoms with van der Waals surface area (Å²) >= 11 is 0. The van der Waals surface area contributed by atoms with Gasteiger partial charge in [0.1, 0.15) is 0 Å². The van der Waals surface area contributed by atoms with Crippen molar-refractivity contribution < 1.29 is 14.7 Å². The maximum Gasteiger partial charge on any atom is 0.333 e. The summed E-state index contributed by atoms with van der Waals surface area (Å²) in [5.41, 5.74) is 6.45. The number of hydrogen-bond acceptors (Lipinski definition) is 4. The van der Waals surface area contributed by atoms with Crippen LogP contribution in [0, 0.1) is 0 Å². The normalized spacial score (nSPS) is 11.8. The molecular formula is C10H12N2O3. The number of anilines is 2. The molecule has 0 fully saturated rings. The number of nitrogens with one attached hydrogen (secondary N) is 1. The fourth-order valence-corrected chi connectivity index (χ4v) is 1.12. The minimum atomic E-state index is -1.25. The number of nitrogen functional groups attached to an aromatic ring is 1. The molecule has 0 saturated carbocycles. The molecule has 5 nitrogen and oxygen atoms in total. The Morgan fingerprint density at radius 1 is 1.40 bits per heavy atom. The van der Waals surface area contributed by atoms with Crippen LogP contribution in [-0.4, -0.2) is 22.9 Å². The van der Waals surface area contributed by atoms with Crippen molar-refractivity contribution in [3.8, 4) is 0 Å². The van der Waals surface area contributed by atoms with Gasteiger partial charge in [0.05, 0.1) is 11.4 Å². The molecule has 80 valence electrons. The van der Waals surface area contributed by atoms with Crippen molar-refractivity contribution >= 4 is 23.1 Å². The number of rotatable bonds is 4. The van der Waals surface area contributed by atoms with Gasteiger partial charge in [-0.25, -0.2) is 4.79 Å². The second-order valence-corrected chi connectivity index (χ2v) is 3.11. The third-order valence-electron chi connectivity index (χ3n) is 1.91. The van der Waals surface area contributed by atoms with Gasteiger partial charge in [0.2, 0.25) is 0 Å². The van der Waals surface area contributed by atoms with Gasteiger partial charge in [-0.05, 0) is 19.1 Å². The van der Waals surface area contributed by atoms with Crippen LogP contribution in [0.25, 0.3) is 0 Å². The Hall–Kier alpha value is -2.04. The lowest BCUT2D eigenvalue weighted by molar-refractivity contribution is -0.140. The molecule has 0 bridgehead atoms. The Kier molecular flexibility index (Phi) is 3.28. The summed E-state index contributed by atoms with van der Waals surface area (Å²) in [6.07, 6.45) is 0. The fourth-order valence-electron chi connectivity index (χ4n) is 1.12. The Balaban J connectivity index is 2.88. The summed E-state index contributed by atoms with van der Waals surface area (Å²) in [6.45, 7) is 1.21. The highest BCUT2D eigenvalue weighted by molar-refractivity contribution is 6.04. The van der Waals surface area contributed by atoms with Crippen LogP contribution in [0.1, 0.15) is 6.92 Å². The van der Waals surface area contributed by atoms with Gasteiger partial charge >= 0.3 is 5.97 Å². The highest BCUT2D eigenvalue weighted by Gasteiger charge is 2.22. The van der Waals surface area contributed by atoms with E-state index >= 15 is 0 Å². The van der Waals surface area contributed by atoms with Gasteiger partial charge in [0, 0.05) is 0 Å². The van der Waals surface area contributed by atoms with Crippen molar-refractivity contribution in [3.63, 3.8) is 0 Å². The lowest BCUT2D eigenvalue weighted by Gasteiger charge is -2.14. The summed E-state index contributed by atoms with van der Waals surface area (Å²) in [7, 11) is 0. The van der Waals surface area contributed by atoms with Gasteiger partial charge in [-0.3, -0.25) is 4.79 Å². The molecule has 0 aliphatic rings. The molecule has 0 amide bonds. The Morgan fingerprint density at radius 2 is 2.00 bits per heavy atom. The lowest BCUT2D eigenvalue weighted by Crippen LogP contribution is -2.36. The number of aliphatic carboxylic acids is 1. The first-order valence-corrected chi connectivity index (χ1v) is 4.36. The van der Waals surface area contributed by atoms with Crippen molar-refractivity contribution in [2.45, 2.75) is 13.0 Å². The van der Waals surface area contributed by atoms with E-state index in [1.165, 1.54) is 6.92 Å². The van der Waals surface area contributed by atoms with E-state index in [0.29, 0.717) is 11.4 Å². The molecule has 15 heavy (non-hydrogen) atoms. The highest BCUT2D eigenvalue weighted by Crippen LogP contribution is 2.17. The predicted octanol–water partition coefficient (Wildman–Crippen LogP) is 0.723. The molecule has 0 aromatic heterocycles. The average Bonchev–Trinajstić information content (AvgIpc) is 2.15. The van der Waals surface area contributed by atoms with E-state index in [1.807, 2.05) is 0 Å². The van der Waals surface area contributed by atoms with Gasteiger partial charge < -0.3 is 16.2 Å². The minimum absolute atomic E-state index is 0.407. The van der Waals surface area contributed by atoms with E-state index in [2.05, 4.69) is 5.32 Å². The monoisotopic (exact) mass is 208 g/mol. The molecule has 0 radical (unpaired) electrons. The molecule has 0 heterocycles. The standard InChI is InChI=1S/C10H12N2O3/c1-6(13)9(10(14)15)12-8-5-3-2-4-7(8)11/h2-5,9,12H,11H2,1H3,(H,14,15). The number of para-hydroxylation sites is 2. The summed E-state index contributed by atoms with van der Waals surface area (Å²) in [6, 6.07) is 5.42. The molecule has 5 heteroatoms. The second-order valence-electron chi connectivity index (χ2n) is 3.11. The Bertz CT molecular complexity index is 376. The zero-order valence-electron chi connectivity index (χ0n) is 8.23. The van der Waals surface area contributed by atoms with E-state index < -0.39 is 17.8 Å². The van der Waals surface area contributed by atoms with E-state index in [1.54, 1.807) is 24.3 Å². The summed E-state index contributed by atoms with van der Waals surface area (Å²) in [4.78, 5) is 21.7. The maximum atomic E-state index is 11.0. The topological polar surface area (TPSA) is 92.4 Å². The van der Waals surface area contributed by atoms with Crippen LogP contribution in [0.15, 0.2) is 24.3 Å². The second kappa shape index (κ2) is 4.45. The summed E-state index contributed by atoms with van der Waals surface area (Å²) in [5.74, 6) is -1.68. The van der Waals surface area contributed by atoms with Crippen LogP contribution in [-0.2, 0) is 9.59 Å². The van der Waals surface area contributed by atoms with Crippen LogP contribution in [0.4, 0.5) is 11.4 Å². The third-order valence-corrected chi connectivity index (χ3v) is 1.91. The van der Waals surface area contributed by atoms with Gasteiger partial charge in [-0.2, -0.15) is 0 Å². The van der Waals surface area contributed by atoms with Crippen molar-refractivity contribution in [1.82, 2.24) is 0 Å². The first-order valence-electron chi connectivity index (χ1n) is 4.36.